The number of hydrogen-bond donors (Lipinski definition) is 3. The van der Waals surface area contributed by atoms with Crippen molar-refractivity contribution < 1.29 is 4.79 Å². The minimum atomic E-state index is -0.752. The Labute approximate surface area is 122 Å². The Morgan fingerprint density at radius 3 is 2.75 bits per heavy atom. The highest BCUT2D eigenvalue weighted by Crippen LogP contribution is 2.26. The van der Waals surface area contributed by atoms with Crippen LogP contribution in [0.2, 0.25) is 0 Å². The smallest absolute Gasteiger partial charge is 0.343 e. The zero-order valence-corrected chi connectivity index (χ0v) is 13.2. The lowest BCUT2D eigenvalue weighted by atomic mass is 9.95. The Bertz CT molecular complexity index is 512. The van der Waals surface area contributed by atoms with Crippen molar-refractivity contribution in [3.05, 3.63) is 10.5 Å². The Hall–Kier alpha value is -1.28. The van der Waals surface area contributed by atoms with Crippen LogP contribution < -0.4 is 16.7 Å². The molecule has 114 valence electrons. The van der Waals surface area contributed by atoms with Crippen molar-refractivity contribution in [2.45, 2.75) is 49.6 Å². The molecule has 1 rings (SSSR count). The fraction of sp³-hybridized carbons (Fsp3) is 0.750. The highest BCUT2D eigenvalue weighted by atomic mass is 32.2. The number of nitrogens with one attached hydrogen (secondary N) is 2. The third-order valence-electron chi connectivity index (χ3n) is 3.15. The fourth-order valence-electron chi connectivity index (χ4n) is 1.90. The summed E-state index contributed by atoms with van der Waals surface area (Å²) in [6.07, 6.45) is 1.49. The van der Waals surface area contributed by atoms with Crippen LogP contribution in [0.1, 0.15) is 33.6 Å². The van der Waals surface area contributed by atoms with Gasteiger partial charge in [0.2, 0.25) is 5.91 Å². The molecule has 0 aliphatic heterocycles. The molecule has 0 aliphatic carbocycles. The van der Waals surface area contributed by atoms with Crippen LogP contribution in [0.15, 0.2) is 9.95 Å². The molecular formula is C12H23N5O2S. The van der Waals surface area contributed by atoms with E-state index in [0.717, 1.165) is 13.0 Å². The number of thioether (sulfide) groups is 1. The maximum Gasteiger partial charge on any atom is 0.343 e. The lowest BCUT2D eigenvalue weighted by Crippen LogP contribution is -2.54. The van der Waals surface area contributed by atoms with E-state index in [4.69, 9.17) is 5.73 Å². The molecule has 1 heterocycles. The number of carbonyl (C=O) groups is 1. The molecule has 2 atom stereocenters. The van der Waals surface area contributed by atoms with Crippen LogP contribution in [0.25, 0.3) is 0 Å². The molecule has 1 aromatic heterocycles. The van der Waals surface area contributed by atoms with Gasteiger partial charge in [-0.2, -0.15) is 0 Å². The van der Waals surface area contributed by atoms with E-state index in [0.29, 0.717) is 11.6 Å². The highest BCUT2D eigenvalue weighted by Gasteiger charge is 2.32. The maximum absolute atomic E-state index is 11.7. The first-order valence-corrected chi connectivity index (χ1v) is 7.51. The van der Waals surface area contributed by atoms with Crippen LogP contribution in [-0.2, 0) is 11.8 Å². The summed E-state index contributed by atoms with van der Waals surface area (Å²) in [4.78, 5) is 23.0. The fourth-order valence-corrected chi connectivity index (χ4v) is 3.01. The summed E-state index contributed by atoms with van der Waals surface area (Å²) in [6.45, 7) is 6.56. The van der Waals surface area contributed by atoms with Gasteiger partial charge in [-0.15, -0.1) is 5.10 Å². The number of nitrogens with zero attached hydrogens (tertiary/aromatic N) is 2. The first-order chi connectivity index (χ1) is 9.30. The number of aromatic amines is 1. The van der Waals surface area contributed by atoms with Gasteiger partial charge in [0.15, 0.2) is 5.16 Å². The Balaban J connectivity index is 2.71. The number of hydrogen-bond acceptors (Lipinski definition) is 5. The second-order valence-corrected chi connectivity index (χ2v) is 6.53. The van der Waals surface area contributed by atoms with E-state index in [-0.39, 0.29) is 16.8 Å². The molecule has 1 aromatic rings. The van der Waals surface area contributed by atoms with Crippen molar-refractivity contribution in [2.24, 2.45) is 12.8 Å². The van der Waals surface area contributed by atoms with Crippen molar-refractivity contribution in [3.8, 4) is 0 Å². The van der Waals surface area contributed by atoms with Gasteiger partial charge in [0.25, 0.3) is 0 Å². The molecule has 0 fully saturated rings. The molecule has 20 heavy (non-hydrogen) atoms. The summed E-state index contributed by atoms with van der Waals surface area (Å²) in [5.41, 5.74) is 4.50. The van der Waals surface area contributed by atoms with E-state index in [1.165, 1.54) is 16.3 Å². The van der Waals surface area contributed by atoms with Crippen LogP contribution in [0.4, 0.5) is 0 Å². The number of primary amides is 1. The van der Waals surface area contributed by atoms with Crippen LogP contribution in [-0.4, -0.2) is 38.0 Å². The number of amides is 1. The monoisotopic (exact) mass is 301 g/mol. The lowest BCUT2D eigenvalue weighted by molar-refractivity contribution is -0.124. The predicted molar refractivity (Wildman–Crippen MR) is 79.7 cm³/mol. The minimum absolute atomic E-state index is 0.0887. The van der Waals surface area contributed by atoms with Crippen LogP contribution in [0.3, 0.4) is 0 Å². The molecule has 0 aromatic carbocycles. The summed E-state index contributed by atoms with van der Waals surface area (Å²) in [5, 5.41) is 10.2. The standard InChI is InChI=1S/C12H23N5O2S/c1-5-6-14-12(3,9(13)18)7-8(2)20-11-16-15-10(19)17(11)4/h8,14H,5-7H2,1-4H3,(H2,13,18)(H,15,19). The number of rotatable bonds is 8. The van der Waals surface area contributed by atoms with Crippen LogP contribution in [0, 0.1) is 0 Å². The van der Waals surface area contributed by atoms with E-state index >= 15 is 0 Å². The minimum Gasteiger partial charge on any atom is -0.368 e. The number of H-pyrrole nitrogens is 1. The topological polar surface area (TPSA) is 106 Å². The van der Waals surface area contributed by atoms with Gasteiger partial charge in [0.05, 0.1) is 5.54 Å². The molecule has 8 heteroatoms. The second kappa shape index (κ2) is 6.94. The summed E-state index contributed by atoms with van der Waals surface area (Å²) in [7, 11) is 1.66. The molecule has 0 saturated heterocycles. The Morgan fingerprint density at radius 2 is 2.30 bits per heavy atom. The van der Waals surface area contributed by atoms with Gasteiger partial charge in [0, 0.05) is 12.3 Å². The van der Waals surface area contributed by atoms with Crippen molar-refractivity contribution in [2.75, 3.05) is 6.54 Å². The van der Waals surface area contributed by atoms with E-state index in [1.54, 1.807) is 7.05 Å². The number of aromatic nitrogens is 3. The Morgan fingerprint density at radius 1 is 1.65 bits per heavy atom. The van der Waals surface area contributed by atoms with Crippen molar-refractivity contribution in [1.82, 2.24) is 20.1 Å². The molecule has 2 unspecified atom stereocenters. The Kier molecular flexibility index (Phi) is 5.82. The third kappa shape index (κ3) is 4.11. The molecule has 0 aliphatic rings. The normalized spacial score (nSPS) is 15.8. The summed E-state index contributed by atoms with van der Waals surface area (Å²) < 4.78 is 1.45. The maximum atomic E-state index is 11.7. The van der Waals surface area contributed by atoms with Gasteiger partial charge in [-0.3, -0.25) is 9.36 Å². The van der Waals surface area contributed by atoms with E-state index in [9.17, 15) is 9.59 Å². The largest absolute Gasteiger partial charge is 0.368 e. The summed E-state index contributed by atoms with van der Waals surface area (Å²) in [5.74, 6) is -0.366. The molecule has 0 saturated carbocycles. The highest BCUT2D eigenvalue weighted by molar-refractivity contribution is 7.99. The number of nitrogens with two attached hydrogens (primary N) is 1. The number of carbonyl (C=O) groups excluding carboxylic acids is 1. The molecule has 0 spiro atoms. The predicted octanol–water partition coefficient (Wildman–Crippen LogP) is 0.223. The van der Waals surface area contributed by atoms with Gasteiger partial charge in [0.1, 0.15) is 0 Å². The summed E-state index contributed by atoms with van der Waals surface area (Å²) in [6, 6.07) is 0. The van der Waals surface area contributed by atoms with E-state index in [2.05, 4.69) is 15.5 Å². The van der Waals surface area contributed by atoms with Crippen LogP contribution >= 0.6 is 11.8 Å². The molecule has 7 nitrogen and oxygen atoms in total. The average Bonchev–Trinajstić information content (AvgIpc) is 2.68. The molecule has 1 amide bonds. The van der Waals surface area contributed by atoms with Crippen LogP contribution in [0.5, 0.6) is 0 Å². The van der Waals surface area contributed by atoms with Gasteiger partial charge in [-0.25, -0.2) is 9.89 Å². The zero-order valence-electron chi connectivity index (χ0n) is 12.4. The summed E-state index contributed by atoms with van der Waals surface area (Å²) >= 11 is 1.44. The third-order valence-corrected chi connectivity index (χ3v) is 4.30. The van der Waals surface area contributed by atoms with Crippen molar-refractivity contribution in [1.29, 1.82) is 0 Å². The van der Waals surface area contributed by atoms with E-state index < -0.39 is 5.54 Å². The van der Waals surface area contributed by atoms with Gasteiger partial charge in [-0.1, -0.05) is 25.6 Å². The molecule has 4 N–H and O–H groups in total. The second-order valence-electron chi connectivity index (χ2n) is 5.13. The first kappa shape index (κ1) is 16.8. The van der Waals surface area contributed by atoms with Crippen molar-refractivity contribution in [3.63, 3.8) is 0 Å². The average molecular weight is 301 g/mol. The quantitative estimate of drug-likeness (QED) is 0.596. The molecule has 0 bridgehead atoms. The molecule has 0 radical (unpaired) electrons. The lowest BCUT2D eigenvalue weighted by Gasteiger charge is -2.29. The van der Waals surface area contributed by atoms with Crippen molar-refractivity contribution >= 4 is 17.7 Å². The van der Waals surface area contributed by atoms with Gasteiger partial charge >= 0.3 is 5.69 Å². The van der Waals surface area contributed by atoms with Gasteiger partial charge in [-0.05, 0) is 26.3 Å². The SMILES string of the molecule is CCCNC(C)(CC(C)Sc1n[nH]c(=O)n1C)C(N)=O. The zero-order chi connectivity index (χ0) is 15.3. The molecular weight excluding hydrogens is 278 g/mol. The first-order valence-electron chi connectivity index (χ1n) is 6.63. The van der Waals surface area contributed by atoms with E-state index in [1.807, 2.05) is 20.8 Å². The van der Waals surface area contributed by atoms with Gasteiger partial charge < -0.3 is 11.1 Å².